The lowest BCUT2D eigenvalue weighted by Gasteiger charge is -2.19. The van der Waals surface area contributed by atoms with Crippen LogP contribution >= 0.6 is 0 Å². The van der Waals surface area contributed by atoms with Crippen LogP contribution in [-0.2, 0) is 0 Å². The number of hydrogen-bond acceptors (Lipinski definition) is 2. The summed E-state index contributed by atoms with van der Waals surface area (Å²) in [5, 5.41) is 0. The molecule has 3 unspecified atom stereocenters. The van der Waals surface area contributed by atoms with Crippen LogP contribution in [0, 0.1) is 11.8 Å². The highest BCUT2D eigenvalue weighted by Gasteiger charge is 2.27. The molecule has 1 saturated carbocycles. The van der Waals surface area contributed by atoms with Gasteiger partial charge < -0.3 is 10.5 Å². The summed E-state index contributed by atoms with van der Waals surface area (Å²) in [7, 11) is 0. The van der Waals surface area contributed by atoms with E-state index in [9.17, 15) is 0 Å². The summed E-state index contributed by atoms with van der Waals surface area (Å²) in [4.78, 5) is 0. The van der Waals surface area contributed by atoms with Crippen LogP contribution in [0.2, 0.25) is 0 Å². The van der Waals surface area contributed by atoms with E-state index in [2.05, 4.69) is 19.1 Å². The van der Waals surface area contributed by atoms with E-state index in [1.807, 2.05) is 19.1 Å². The van der Waals surface area contributed by atoms with Gasteiger partial charge in [0.25, 0.3) is 0 Å². The Morgan fingerprint density at radius 2 is 2.00 bits per heavy atom. The molecule has 94 valence electrons. The van der Waals surface area contributed by atoms with Crippen LogP contribution in [0.25, 0.3) is 0 Å². The molecule has 2 N–H and O–H groups in total. The molecule has 2 rings (SSSR count). The van der Waals surface area contributed by atoms with E-state index in [1.165, 1.54) is 24.8 Å². The predicted octanol–water partition coefficient (Wildman–Crippen LogP) is 3.52. The second kappa shape index (κ2) is 5.54. The molecule has 2 heteroatoms. The summed E-state index contributed by atoms with van der Waals surface area (Å²) < 4.78 is 5.44. The van der Waals surface area contributed by atoms with Crippen molar-refractivity contribution in [3.8, 4) is 5.75 Å². The predicted molar refractivity (Wildman–Crippen MR) is 71.0 cm³/mol. The van der Waals surface area contributed by atoms with Gasteiger partial charge in [-0.2, -0.15) is 0 Å². The fraction of sp³-hybridized carbons (Fsp3) is 0.600. The summed E-state index contributed by atoms with van der Waals surface area (Å²) in [5.74, 6) is 2.43. The maximum atomic E-state index is 6.35. The van der Waals surface area contributed by atoms with Crippen molar-refractivity contribution in [1.82, 2.24) is 0 Å². The lowest BCUT2D eigenvalue weighted by atomic mass is 9.92. The lowest BCUT2D eigenvalue weighted by molar-refractivity contribution is 0.340. The second-order valence-corrected chi connectivity index (χ2v) is 5.21. The van der Waals surface area contributed by atoms with Crippen LogP contribution in [0.15, 0.2) is 24.3 Å². The van der Waals surface area contributed by atoms with Crippen molar-refractivity contribution in [3.05, 3.63) is 29.8 Å². The van der Waals surface area contributed by atoms with E-state index >= 15 is 0 Å². The number of ether oxygens (including phenoxy) is 1. The molecule has 0 bridgehead atoms. The molecular weight excluding hydrogens is 210 g/mol. The van der Waals surface area contributed by atoms with Gasteiger partial charge >= 0.3 is 0 Å². The van der Waals surface area contributed by atoms with Crippen molar-refractivity contribution in [2.75, 3.05) is 6.61 Å². The number of benzene rings is 1. The van der Waals surface area contributed by atoms with Gasteiger partial charge in [-0.05, 0) is 49.3 Å². The first-order valence-electron chi connectivity index (χ1n) is 6.69. The molecular formula is C15H23NO. The fourth-order valence-corrected chi connectivity index (χ4v) is 2.80. The number of nitrogens with two attached hydrogens (primary N) is 1. The smallest absolute Gasteiger partial charge is 0.119 e. The van der Waals surface area contributed by atoms with Crippen LogP contribution in [0.1, 0.15) is 44.7 Å². The Morgan fingerprint density at radius 1 is 1.29 bits per heavy atom. The minimum absolute atomic E-state index is 0.190. The van der Waals surface area contributed by atoms with Gasteiger partial charge in [-0.15, -0.1) is 0 Å². The summed E-state index contributed by atoms with van der Waals surface area (Å²) >= 11 is 0. The minimum Gasteiger partial charge on any atom is -0.494 e. The van der Waals surface area contributed by atoms with E-state index in [0.717, 1.165) is 11.7 Å². The zero-order valence-electron chi connectivity index (χ0n) is 10.9. The number of hydrogen-bond donors (Lipinski definition) is 1. The fourth-order valence-electron chi connectivity index (χ4n) is 2.80. The quantitative estimate of drug-likeness (QED) is 0.863. The normalized spacial score (nSPS) is 25.8. The topological polar surface area (TPSA) is 35.2 Å². The Hall–Kier alpha value is -1.02. The van der Waals surface area contributed by atoms with E-state index in [-0.39, 0.29) is 6.04 Å². The Balaban J connectivity index is 2.01. The molecule has 1 aromatic carbocycles. The van der Waals surface area contributed by atoms with Crippen LogP contribution in [-0.4, -0.2) is 6.61 Å². The van der Waals surface area contributed by atoms with E-state index in [1.54, 1.807) is 0 Å². The van der Waals surface area contributed by atoms with E-state index in [0.29, 0.717) is 12.5 Å². The maximum absolute atomic E-state index is 6.35. The van der Waals surface area contributed by atoms with Gasteiger partial charge in [0.2, 0.25) is 0 Å². The third-order valence-corrected chi connectivity index (χ3v) is 3.82. The largest absolute Gasteiger partial charge is 0.494 e. The second-order valence-electron chi connectivity index (χ2n) is 5.21. The molecule has 0 spiro atoms. The van der Waals surface area contributed by atoms with Crippen molar-refractivity contribution in [2.45, 2.75) is 39.2 Å². The summed E-state index contributed by atoms with van der Waals surface area (Å²) in [6.45, 7) is 5.04. The van der Waals surface area contributed by atoms with Gasteiger partial charge in [-0.3, -0.25) is 0 Å². The highest BCUT2D eigenvalue weighted by atomic mass is 16.5. The van der Waals surface area contributed by atoms with Gasteiger partial charge in [0.15, 0.2) is 0 Å². The highest BCUT2D eigenvalue weighted by molar-refractivity contribution is 5.29. The molecule has 17 heavy (non-hydrogen) atoms. The SMILES string of the molecule is CCOc1ccc(C(N)C2CCC(C)C2)cc1. The van der Waals surface area contributed by atoms with Gasteiger partial charge in [-0.1, -0.05) is 25.5 Å². The number of rotatable bonds is 4. The van der Waals surface area contributed by atoms with Crippen molar-refractivity contribution in [3.63, 3.8) is 0 Å². The molecule has 0 radical (unpaired) electrons. The summed E-state index contributed by atoms with van der Waals surface area (Å²) in [6, 6.07) is 8.46. The molecule has 0 amide bonds. The highest BCUT2D eigenvalue weighted by Crippen LogP contribution is 2.37. The molecule has 0 heterocycles. The molecule has 1 aromatic rings. The molecule has 3 atom stereocenters. The van der Waals surface area contributed by atoms with Crippen molar-refractivity contribution in [1.29, 1.82) is 0 Å². The Labute approximate surface area is 104 Å². The molecule has 1 fully saturated rings. The Bertz CT molecular complexity index is 346. The van der Waals surface area contributed by atoms with Crippen LogP contribution in [0.5, 0.6) is 5.75 Å². The summed E-state index contributed by atoms with van der Waals surface area (Å²) in [6.07, 6.45) is 3.87. The first kappa shape index (κ1) is 12.4. The van der Waals surface area contributed by atoms with E-state index in [4.69, 9.17) is 10.5 Å². The first-order chi connectivity index (χ1) is 8.20. The molecule has 1 aliphatic rings. The third kappa shape index (κ3) is 3.01. The molecule has 2 nitrogen and oxygen atoms in total. The zero-order chi connectivity index (χ0) is 12.3. The monoisotopic (exact) mass is 233 g/mol. The van der Waals surface area contributed by atoms with Gasteiger partial charge in [0, 0.05) is 6.04 Å². The van der Waals surface area contributed by atoms with Crippen LogP contribution < -0.4 is 10.5 Å². The van der Waals surface area contributed by atoms with Crippen LogP contribution in [0.3, 0.4) is 0 Å². The third-order valence-electron chi connectivity index (χ3n) is 3.82. The van der Waals surface area contributed by atoms with E-state index < -0.39 is 0 Å². The minimum atomic E-state index is 0.190. The summed E-state index contributed by atoms with van der Waals surface area (Å²) in [5.41, 5.74) is 7.59. The average molecular weight is 233 g/mol. The van der Waals surface area contributed by atoms with Gasteiger partial charge in [0.1, 0.15) is 5.75 Å². The Morgan fingerprint density at radius 3 is 2.53 bits per heavy atom. The maximum Gasteiger partial charge on any atom is 0.119 e. The molecule has 1 aliphatic carbocycles. The van der Waals surface area contributed by atoms with Crippen LogP contribution in [0.4, 0.5) is 0 Å². The lowest BCUT2D eigenvalue weighted by Crippen LogP contribution is -2.19. The van der Waals surface area contributed by atoms with Crippen molar-refractivity contribution in [2.24, 2.45) is 17.6 Å². The molecule has 0 saturated heterocycles. The van der Waals surface area contributed by atoms with Gasteiger partial charge in [0.05, 0.1) is 6.61 Å². The van der Waals surface area contributed by atoms with Gasteiger partial charge in [-0.25, -0.2) is 0 Å². The first-order valence-corrected chi connectivity index (χ1v) is 6.69. The van der Waals surface area contributed by atoms with Crippen molar-refractivity contribution < 1.29 is 4.74 Å². The zero-order valence-corrected chi connectivity index (χ0v) is 10.9. The average Bonchev–Trinajstić information content (AvgIpc) is 2.76. The Kier molecular flexibility index (Phi) is 4.06. The van der Waals surface area contributed by atoms with Crippen molar-refractivity contribution >= 4 is 0 Å². The standard InChI is InChI=1S/C15H23NO/c1-3-17-14-8-6-12(7-9-14)15(16)13-5-4-11(2)10-13/h6-9,11,13,15H,3-5,10,16H2,1-2H3. The molecule has 0 aliphatic heterocycles. The molecule has 0 aromatic heterocycles.